The van der Waals surface area contributed by atoms with E-state index in [4.69, 9.17) is 16.9 Å². The van der Waals surface area contributed by atoms with Gasteiger partial charge in [0, 0.05) is 12.7 Å². The number of hydrogen-bond acceptors (Lipinski definition) is 3. The number of benzene rings is 1. The molecule has 0 saturated carbocycles. The van der Waals surface area contributed by atoms with Crippen LogP contribution in [0.1, 0.15) is 5.56 Å². The molecule has 1 aromatic carbocycles. The molecule has 1 aromatic rings. The van der Waals surface area contributed by atoms with Gasteiger partial charge in [-0.2, -0.15) is 5.26 Å². The maximum Gasteiger partial charge on any atom is 0.328 e. The van der Waals surface area contributed by atoms with Crippen LogP contribution in [0.4, 0.5) is 10.5 Å². The van der Waals surface area contributed by atoms with E-state index in [-0.39, 0.29) is 5.88 Å². The molecule has 1 N–H and O–H groups in total. The number of imide groups is 1. The van der Waals surface area contributed by atoms with Gasteiger partial charge < -0.3 is 0 Å². The molecule has 5 nitrogen and oxygen atoms in total. The maximum absolute atomic E-state index is 11.6. The Hall–Kier alpha value is -2.06. The summed E-state index contributed by atoms with van der Waals surface area (Å²) in [7, 11) is 1.49. The van der Waals surface area contributed by atoms with E-state index in [2.05, 4.69) is 5.32 Å². The van der Waals surface area contributed by atoms with Gasteiger partial charge in [0.15, 0.2) is 0 Å². The number of hydrogen-bond donors (Lipinski definition) is 1. The van der Waals surface area contributed by atoms with Gasteiger partial charge in [-0.25, -0.2) is 4.79 Å². The summed E-state index contributed by atoms with van der Waals surface area (Å²) >= 11 is 5.27. The number of anilines is 1. The SMILES string of the molecule is CN(C(=O)NC(=O)CCl)c1cccc(C#N)c1. The van der Waals surface area contributed by atoms with Crippen molar-refractivity contribution >= 4 is 29.2 Å². The number of amides is 3. The zero-order valence-corrected chi connectivity index (χ0v) is 9.86. The zero-order valence-electron chi connectivity index (χ0n) is 9.11. The second kappa shape index (κ2) is 5.87. The van der Waals surface area contributed by atoms with Gasteiger partial charge in [0.05, 0.1) is 11.6 Å². The fourth-order valence-electron chi connectivity index (χ4n) is 1.14. The van der Waals surface area contributed by atoms with Crippen molar-refractivity contribution in [3.63, 3.8) is 0 Å². The van der Waals surface area contributed by atoms with Crippen LogP contribution in [0.5, 0.6) is 0 Å². The molecule has 0 atom stereocenters. The molecule has 1 rings (SSSR count). The van der Waals surface area contributed by atoms with Crippen LogP contribution in [-0.4, -0.2) is 24.9 Å². The van der Waals surface area contributed by atoms with Gasteiger partial charge in [0.25, 0.3) is 0 Å². The molecule has 0 aliphatic carbocycles. The third-order valence-corrected chi connectivity index (χ3v) is 2.28. The highest BCUT2D eigenvalue weighted by atomic mass is 35.5. The minimum Gasteiger partial charge on any atom is -0.297 e. The minimum absolute atomic E-state index is 0.280. The number of rotatable bonds is 2. The molecule has 0 aliphatic rings. The average molecular weight is 252 g/mol. The monoisotopic (exact) mass is 251 g/mol. The van der Waals surface area contributed by atoms with Crippen molar-refractivity contribution in [1.29, 1.82) is 5.26 Å². The Morgan fingerprint density at radius 3 is 2.82 bits per heavy atom. The molecule has 17 heavy (non-hydrogen) atoms. The van der Waals surface area contributed by atoms with Crippen LogP contribution in [0.2, 0.25) is 0 Å². The van der Waals surface area contributed by atoms with Crippen molar-refractivity contribution in [2.24, 2.45) is 0 Å². The standard InChI is InChI=1S/C11H10ClN3O2/c1-15(11(17)14-10(16)6-12)9-4-2-3-8(5-9)7-13/h2-5H,6H2,1H3,(H,14,16,17). The molecular formula is C11H10ClN3O2. The smallest absolute Gasteiger partial charge is 0.297 e. The van der Waals surface area contributed by atoms with Crippen molar-refractivity contribution < 1.29 is 9.59 Å². The van der Waals surface area contributed by atoms with Crippen LogP contribution in [0.25, 0.3) is 0 Å². The summed E-state index contributed by atoms with van der Waals surface area (Å²) in [6, 6.07) is 7.86. The van der Waals surface area contributed by atoms with E-state index in [1.165, 1.54) is 11.9 Å². The number of halogens is 1. The van der Waals surface area contributed by atoms with E-state index < -0.39 is 11.9 Å². The van der Waals surface area contributed by atoms with Gasteiger partial charge >= 0.3 is 6.03 Å². The molecule has 0 radical (unpaired) electrons. The molecule has 0 heterocycles. The van der Waals surface area contributed by atoms with Crippen molar-refractivity contribution in [3.05, 3.63) is 29.8 Å². The summed E-state index contributed by atoms with van der Waals surface area (Å²) < 4.78 is 0. The highest BCUT2D eigenvalue weighted by Crippen LogP contribution is 2.14. The minimum atomic E-state index is -0.592. The average Bonchev–Trinajstić information content (AvgIpc) is 2.37. The summed E-state index contributed by atoms with van der Waals surface area (Å²) in [5.74, 6) is -0.849. The van der Waals surface area contributed by atoms with Gasteiger partial charge in [-0.05, 0) is 18.2 Å². The highest BCUT2D eigenvalue weighted by Gasteiger charge is 2.13. The quantitative estimate of drug-likeness (QED) is 0.809. The van der Waals surface area contributed by atoms with Gasteiger partial charge in [-0.1, -0.05) is 6.07 Å². The van der Waals surface area contributed by atoms with E-state index in [9.17, 15) is 9.59 Å². The van der Waals surface area contributed by atoms with E-state index in [1.807, 2.05) is 6.07 Å². The Balaban J connectivity index is 2.82. The fourth-order valence-corrected chi connectivity index (χ4v) is 1.20. The Kier molecular flexibility index (Phi) is 4.49. The molecule has 0 aliphatic heterocycles. The molecule has 88 valence electrons. The molecule has 0 unspecified atom stereocenters. The molecule has 3 amide bonds. The van der Waals surface area contributed by atoms with E-state index in [0.717, 1.165) is 0 Å². The largest absolute Gasteiger partial charge is 0.328 e. The second-order valence-electron chi connectivity index (χ2n) is 3.21. The molecule has 0 saturated heterocycles. The Bertz CT molecular complexity index is 482. The lowest BCUT2D eigenvalue weighted by Crippen LogP contribution is -2.41. The number of nitrogens with one attached hydrogen (secondary N) is 1. The maximum atomic E-state index is 11.6. The lowest BCUT2D eigenvalue weighted by Gasteiger charge is -2.17. The van der Waals surface area contributed by atoms with Crippen molar-refractivity contribution in [3.8, 4) is 6.07 Å². The third kappa shape index (κ3) is 3.47. The van der Waals surface area contributed by atoms with Gasteiger partial charge in [0.2, 0.25) is 5.91 Å². The van der Waals surface area contributed by atoms with Crippen LogP contribution < -0.4 is 10.2 Å². The van der Waals surface area contributed by atoms with Crippen molar-refractivity contribution in [2.75, 3.05) is 17.8 Å². The van der Waals surface area contributed by atoms with E-state index >= 15 is 0 Å². The normalized spacial score (nSPS) is 9.24. The summed E-state index contributed by atoms with van der Waals surface area (Å²) in [6.45, 7) is 0. The van der Waals surface area contributed by atoms with Crippen LogP contribution in [-0.2, 0) is 4.79 Å². The molecule has 0 aromatic heterocycles. The predicted molar refractivity (Wildman–Crippen MR) is 63.8 cm³/mol. The van der Waals surface area contributed by atoms with Gasteiger partial charge in [0.1, 0.15) is 5.88 Å². The number of carbonyl (C=O) groups is 2. The first-order chi connectivity index (χ1) is 8.08. The van der Waals surface area contributed by atoms with Crippen LogP contribution in [0.3, 0.4) is 0 Å². The predicted octanol–water partition coefficient (Wildman–Crippen LogP) is 1.47. The third-order valence-electron chi connectivity index (χ3n) is 2.03. The van der Waals surface area contributed by atoms with Crippen molar-refractivity contribution in [1.82, 2.24) is 5.32 Å². The second-order valence-corrected chi connectivity index (χ2v) is 3.48. The number of alkyl halides is 1. The highest BCUT2D eigenvalue weighted by molar-refractivity contribution is 6.28. The topological polar surface area (TPSA) is 73.2 Å². The number of nitrogens with zero attached hydrogens (tertiary/aromatic N) is 2. The Morgan fingerprint density at radius 1 is 1.53 bits per heavy atom. The van der Waals surface area contributed by atoms with Crippen molar-refractivity contribution in [2.45, 2.75) is 0 Å². The van der Waals surface area contributed by atoms with Gasteiger partial charge in [-0.3, -0.25) is 15.0 Å². The van der Waals surface area contributed by atoms with E-state index in [1.54, 1.807) is 24.3 Å². The van der Waals surface area contributed by atoms with Crippen LogP contribution in [0.15, 0.2) is 24.3 Å². The first-order valence-electron chi connectivity index (χ1n) is 4.72. The first-order valence-corrected chi connectivity index (χ1v) is 5.25. The first kappa shape index (κ1) is 13.0. The summed E-state index contributed by atoms with van der Waals surface area (Å²) in [6.07, 6.45) is 0. The van der Waals surface area contributed by atoms with Crippen LogP contribution in [0, 0.1) is 11.3 Å². The molecule has 0 fully saturated rings. The molecule has 0 bridgehead atoms. The van der Waals surface area contributed by atoms with Gasteiger partial charge in [-0.15, -0.1) is 11.6 Å². The lowest BCUT2D eigenvalue weighted by atomic mass is 10.2. The summed E-state index contributed by atoms with van der Waals surface area (Å²) in [4.78, 5) is 23.7. The number of nitriles is 1. The molecule has 0 spiro atoms. The summed E-state index contributed by atoms with van der Waals surface area (Å²) in [5.41, 5.74) is 0.953. The van der Waals surface area contributed by atoms with Crippen LogP contribution >= 0.6 is 11.6 Å². The Morgan fingerprint density at radius 2 is 2.24 bits per heavy atom. The lowest BCUT2D eigenvalue weighted by molar-refractivity contribution is -0.117. The number of urea groups is 1. The number of carbonyl (C=O) groups excluding carboxylic acids is 2. The summed E-state index contributed by atoms with van der Waals surface area (Å²) in [5, 5.41) is 10.8. The van der Waals surface area contributed by atoms with E-state index in [0.29, 0.717) is 11.3 Å². The molecular weight excluding hydrogens is 242 g/mol. The fraction of sp³-hybridized carbons (Fsp3) is 0.182. The zero-order chi connectivity index (χ0) is 12.8. The Labute approximate surface area is 104 Å². The molecule has 6 heteroatoms.